The van der Waals surface area contributed by atoms with Gasteiger partial charge >= 0.3 is 7.69 Å². The van der Waals surface area contributed by atoms with Crippen LogP contribution < -0.4 is 46.1 Å². The molecule has 0 fully saturated rings. The van der Waals surface area contributed by atoms with Crippen molar-refractivity contribution in [2.45, 2.75) is 33.1 Å². The first kappa shape index (κ1) is 70.4. The maximum atomic E-state index is 8.99. The number of halogens is 1. The number of aromatic nitrogens is 4. The van der Waals surface area contributed by atoms with E-state index < -0.39 is 16.1 Å². The molecular formula is C97H73BBrN4O2S2Si2. The molecule has 0 atom stereocenters. The predicted molar refractivity (Wildman–Crippen MR) is 469 cm³/mol. The van der Waals surface area contributed by atoms with E-state index in [0.717, 1.165) is 59.6 Å². The molecule has 523 valence electrons. The van der Waals surface area contributed by atoms with Crippen LogP contribution in [0.25, 0.3) is 96.5 Å². The van der Waals surface area contributed by atoms with Crippen LogP contribution in [0.4, 0.5) is 0 Å². The Labute approximate surface area is 654 Å². The third kappa shape index (κ3) is 13.0. The number of benzene rings is 14. The second kappa shape index (κ2) is 30.9. The van der Waals surface area contributed by atoms with E-state index >= 15 is 0 Å². The van der Waals surface area contributed by atoms with Crippen molar-refractivity contribution in [2.75, 3.05) is 0 Å². The van der Waals surface area contributed by atoms with Gasteiger partial charge in [-0.1, -0.05) is 323 Å². The van der Waals surface area contributed by atoms with Crippen molar-refractivity contribution in [3.8, 4) is 62.2 Å². The quantitative estimate of drug-likeness (QED) is 0.0915. The Bertz CT molecular complexity index is 6120. The summed E-state index contributed by atoms with van der Waals surface area (Å²) in [7, 11) is -4.70. The van der Waals surface area contributed by atoms with Gasteiger partial charge in [0.05, 0.1) is 11.4 Å². The lowest BCUT2D eigenvalue weighted by atomic mass is 9.83. The minimum absolute atomic E-state index is 0. The standard InChI is InChI=1S/C48H34N2SSi.C28H22BN2O2Si.C20H13BrS.CH4/c1-4-16-36(17-5-1)52(37-18-6-2-7-19-37,38-20-8-3-9-21-38)39-22-12-15-35(32-39)43-30-31-49-48(50-43)42-25-13-24-41-46-44(51-47(41)42)29-28-34-27-26-33-14-10-11-23-40(33)45(34)46;32-29-33-28-30-20-19-27(31-28)22-11-10-18-26(21-22)34(23-12-4-1-5-13-23,24-14-6-2-7-15-24)25-16-8-3-9-17-25;21-16-7-3-6-15-19-17(22-20(15)16)11-10-13-9-8-12-4-1-2-5-14(12)18(13)19;/h1-25,28-32H,26-27H2;1-21,32H;1-7,10-11H,8-9H2;1H4. The number of nitrogens with zero attached hydrogens (tertiary/aromatic N) is 4. The van der Waals surface area contributed by atoms with Crippen molar-refractivity contribution in [1.82, 2.24) is 19.9 Å². The van der Waals surface area contributed by atoms with Crippen molar-refractivity contribution in [2.24, 2.45) is 0 Å². The smallest absolute Gasteiger partial charge is 0.509 e. The van der Waals surface area contributed by atoms with E-state index in [0.29, 0.717) is 7.69 Å². The van der Waals surface area contributed by atoms with Crippen molar-refractivity contribution < 1.29 is 9.68 Å². The lowest BCUT2D eigenvalue weighted by Gasteiger charge is -2.34. The molecule has 6 nitrogen and oxygen atoms in total. The molecule has 4 heterocycles. The molecule has 0 unspecified atom stereocenters. The summed E-state index contributed by atoms with van der Waals surface area (Å²) in [6, 6.07) is 128. The largest absolute Gasteiger partial charge is 0.571 e. The lowest BCUT2D eigenvalue weighted by Crippen LogP contribution is -2.74. The first-order chi connectivity index (χ1) is 53.4. The van der Waals surface area contributed by atoms with Crippen LogP contribution in [0.1, 0.15) is 29.7 Å². The second-order valence-electron chi connectivity index (χ2n) is 27.3. The number of rotatable bonds is 13. The Kier molecular flexibility index (Phi) is 20.0. The summed E-state index contributed by atoms with van der Waals surface area (Å²) in [5.74, 6) is 0.756. The van der Waals surface area contributed by atoms with Gasteiger partial charge in [0.25, 0.3) is 6.01 Å². The average Bonchev–Trinajstić information content (AvgIpc) is 1.60. The van der Waals surface area contributed by atoms with Crippen LogP contribution in [-0.4, -0.2) is 48.8 Å². The van der Waals surface area contributed by atoms with Gasteiger partial charge in [-0.15, -0.1) is 22.7 Å². The Morgan fingerprint density at radius 1 is 0.339 bits per heavy atom. The van der Waals surface area contributed by atoms with Crippen molar-refractivity contribution in [1.29, 1.82) is 0 Å². The second-order valence-corrected chi connectivity index (χ2v) is 37.9. The molecular weight excluding hydrogens is 1460 g/mol. The van der Waals surface area contributed by atoms with Crippen molar-refractivity contribution >= 4 is 144 Å². The number of hydrogen-bond donors (Lipinski definition) is 1. The number of thiophene rings is 2. The summed E-state index contributed by atoms with van der Waals surface area (Å²) in [4.78, 5) is 18.7. The minimum Gasteiger partial charge on any atom is -0.509 e. The van der Waals surface area contributed by atoms with E-state index in [9.17, 15) is 0 Å². The van der Waals surface area contributed by atoms with Gasteiger partial charge in [0.2, 0.25) is 0 Å². The number of hydrogen-bond acceptors (Lipinski definition) is 8. The molecule has 2 aliphatic carbocycles. The highest BCUT2D eigenvalue weighted by molar-refractivity contribution is 9.10. The van der Waals surface area contributed by atoms with Crippen LogP contribution in [0.2, 0.25) is 0 Å². The van der Waals surface area contributed by atoms with Gasteiger partial charge < -0.3 is 9.68 Å². The SMILES string of the molecule is Brc1cccc2c1sc1ccc3c(c12)-c1ccccc1CC3.C.O[B]Oc1nccc(-c2cccc([Si](c3ccccc3)(c3ccccc3)c3ccccc3)c2)n1.c1ccc([Si](c2ccccc2)(c2ccccc2)c2cccc(-c3ccnc(-c4cccc5c4sc4ccc6c(c45)-c4ccccc4CC6)n3)c2)cc1. The topological polar surface area (TPSA) is 81.0 Å². The van der Waals surface area contributed by atoms with Gasteiger partial charge in [0, 0.05) is 73.9 Å². The monoisotopic (exact) mass is 1540 g/mol. The van der Waals surface area contributed by atoms with E-state index in [2.05, 4.69) is 366 Å². The summed E-state index contributed by atoms with van der Waals surface area (Å²) < 4.78 is 11.5. The van der Waals surface area contributed by atoms with Crippen LogP contribution >= 0.6 is 38.6 Å². The van der Waals surface area contributed by atoms with Crippen LogP contribution in [-0.2, 0) is 25.7 Å². The molecule has 0 saturated carbocycles. The summed E-state index contributed by atoms with van der Waals surface area (Å²) in [6.45, 7) is 0. The van der Waals surface area contributed by atoms with Gasteiger partial charge in [0.1, 0.15) is 0 Å². The molecule has 0 amide bonds. The van der Waals surface area contributed by atoms with Gasteiger partial charge in [0.15, 0.2) is 22.0 Å². The first-order valence-corrected chi connectivity index (χ1v) is 43.0. The van der Waals surface area contributed by atoms with E-state index in [1.54, 1.807) is 6.20 Å². The zero-order chi connectivity index (χ0) is 72.4. The summed E-state index contributed by atoms with van der Waals surface area (Å²) in [5, 5.41) is 25.0. The maximum Gasteiger partial charge on any atom is 0.571 e. The third-order valence-electron chi connectivity index (χ3n) is 21.5. The fourth-order valence-corrected chi connectivity index (χ4v) is 29.3. The molecule has 14 aromatic carbocycles. The maximum absolute atomic E-state index is 8.99. The van der Waals surface area contributed by atoms with Crippen molar-refractivity contribution in [3.05, 3.63) is 391 Å². The molecule has 109 heavy (non-hydrogen) atoms. The van der Waals surface area contributed by atoms with Gasteiger partial charge in [-0.2, -0.15) is 4.98 Å². The fraction of sp³-hybridized carbons (Fsp3) is 0.0515. The molecule has 12 heteroatoms. The third-order valence-corrected chi connectivity index (χ3v) is 34.3. The molecule has 2 aliphatic rings. The Balaban J connectivity index is 0.000000130. The number of aryl methyl sites for hydroxylation is 4. The predicted octanol–water partition coefficient (Wildman–Crippen LogP) is 19.0. The summed E-state index contributed by atoms with van der Waals surface area (Å²) in [6.07, 6.45) is 8.02. The molecule has 0 bridgehead atoms. The highest BCUT2D eigenvalue weighted by atomic mass is 79.9. The molecule has 1 N–H and O–H groups in total. The van der Waals surface area contributed by atoms with Crippen LogP contribution in [0.15, 0.2) is 369 Å². The average molecular weight is 1540 g/mol. The van der Waals surface area contributed by atoms with E-state index in [1.165, 1.54) is 131 Å². The van der Waals surface area contributed by atoms with E-state index in [1.807, 2.05) is 41.0 Å². The number of fused-ring (bicyclic) bond motifs is 14. The molecule has 1 radical (unpaired) electrons. The molecule has 4 aromatic heterocycles. The fourth-order valence-electron chi connectivity index (χ4n) is 16.7. The molecule has 0 spiro atoms. The zero-order valence-corrected chi connectivity index (χ0v) is 64.1. The lowest BCUT2D eigenvalue weighted by molar-refractivity contribution is 0.431. The van der Waals surface area contributed by atoms with Crippen LogP contribution in [0, 0.1) is 0 Å². The van der Waals surface area contributed by atoms with E-state index in [4.69, 9.17) is 19.6 Å². The van der Waals surface area contributed by atoms with Gasteiger partial charge in [-0.3, -0.25) is 0 Å². The Hall–Kier alpha value is -11.6. The molecule has 0 saturated heterocycles. The van der Waals surface area contributed by atoms with Gasteiger partial charge in [-0.05, 0) is 164 Å². The van der Waals surface area contributed by atoms with E-state index in [-0.39, 0.29) is 13.4 Å². The zero-order valence-electron chi connectivity index (χ0n) is 58.9. The molecule has 0 aliphatic heterocycles. The molecule has 20 rings (SSSR count). The first-order valence-electron chi connectivity index (χ1n) is 36.5. The molecule has 18 aromatic rings. The van der Waals surface area contributed by atoms with Crippen LogP contribution in [0.3, 0.4) is 0 Å². The van der Waals surface area contributed by atoms with Crippen molar-refractivity contribution in [3.63, 3.8) is 0 Å². The highest BCUT2D eigenvalue weighted by Crippen LogP contribution is 2.49. The highest BCUT2D eigenvalue weighted by Gasteiger charge is 2.43. The summed E-state index contributed by atoms with van der Waals surface area (Å²) in [5.41, 5.74) is 16.3. The summed E-state index contributed by atoms with van der Waals surface area (Å²) >= 11 is 7.46. The minimum atomic E-state index is -2.68. The van der Waals surface area contributed by atoms with Gasteiger partial charge in [-0.25, -0.2) is 15.0 Å². The normalized spacial score (nSPS) is 12.1. The van der Waals surface area contributed by atoms with Crippen LogP contribution in [0.5, 0.6) is 6.01 Å². The Morgan fingerprint density at radius 2 is 0.706 bits per heavy atom. The Morgan fingerprint density at radius 3 is 1.17 bits per heavy atom.